The fourth-order valence-corrected chi connectivity index (χ4v) is 1.35. The fraction of sp³-hybridized carbons (Fsp3) is 0. The molecule has 2 rings (SSSR count). The minimum atomic E-state index is -2.36. The van der Waals surface area contributed by atoms with Gasteiger partial charge in [-0.1, -0.05) is 42.5 Å². The maximum Gasteiger partial charge on any atom is 0.0320 e. The number of rotatable bonds is 1. The maximum atomic E-state index is 8.78. The van der Waals surface area contributed by atoms with Crippen LogP contribution in [0.2, 0.25) is 0 Å². The van der Waals surface area contributed by atoms with Crippen LogP contribution < -0.4 is 10.9 Å². The molecule has 0 aromatic heterocycles. The average molecular weight is 249 g/mol. The third kappa shape index (κ3) is 5.26. The normalized spacial score (nSPS) is 11.2. The van der Waals surface area contributed by atoms with Gasteiger partial charge in [-0.25, -0.2) is 0 Å². The molecular weight excluding hydrogens is 236 g/mol. The van der Waals surface area contributed by atoms with Gasteiger partial charge < -0.3 is 10.3 Å². The molecular formula is C12H13N2O2S-. The predicted molar refractivity (Wildman–Crippen MR) is 69.4 cm³/mol. The highest BCUT2D eigenvalue weighted by Gasteiger charge is 1.94. The van der Waals surface area contributed by atoms with Gasteiger partial charge in [-0.2, -0.15) is 0 Å². The van der Waals surface area contributed by atoms with Crippen LogP contribution in [-0.2, 0) is 11.3 Å². The van der Waals surface area contributed by atoms with Crippen molar-refractivity contribution in [3.05, 3.63) is 54.6 Å². The SMILES string of the molecule is NS(=O)[O-].Nc1cccc(-c2ccccc2)c1. The van der Waals surface area contributed by atoms with E-state index in [2.05, 4.69) is 23.3 Å². The lowest BCUT2D eigenvalue weighted by Gasteiger charge is -2.01. The van der Waals surface area contributed by atoms with Gasteiger partial charge >= 0.3 is 0 Å². The number of anilines is 1. The molecule has 0 saturated heterocycles. The van der Waals surface area contributed by atoms with Crippen molar-refractivity contribution in [3.63, 3.8) is 0 Å². The summed E-state index contributed by atoms with van der Waals surface area (Å²) in [5, 5.41) is 4.03. The zero-order valence-electron chi connectivity index (χ0n) is 9.08. The van der Waals surface area contributed by atoms with E-state index in [1.807, 2.05) is 36.4 Å². The van der Waals surface area contributed by atoms with Crippen molar-refractivity contribution in [2.45, 2.75) is 0 Å². The van der Waals surface area contributed by atoms with Gasteiger partial charge in [0.1, 0.15) is 0 Å². The topological polar surface area (TPSA) is 92.2 Å². The van der Waals surface area contributed by atoms with Gasteiger partial charge in [0.05, 0.1) is 0 Å². The predicted octanol–water partition coefficient (Wildman–Crippen LogP) is 1.68. The Hall–Kier alpha value is -1.69. The highest BCUT2D eigenvalue weighted by Crippen LogP contribution is 2.20. The molecule has 90 valence electrons. The number of nitrogen functional groups attached to an aromatic ring is 1. The fourth-order valence-electron chi connectivity index (χ4n) is 1.35. The molecule has 0 radical (unpaired) electrons. The number of hydrogen-bond donors (Lipinski definition) is 2. The molecule has 1 atom stereocenters. The smallest absolute Gasteiger partial charge is 0.0320 e. The molecule has 0 bridgehead atoms. The third-order valence-corrected chi connectivity index (χ3v) is 1.99. The van der Waals surface area contributed by atoms with Crippen molar-refractivity contribution < 1.29 is 8.76 Å². The van der Waals surface area contributed by atoms with E-state index in [-0.39, 0.29) is 0 Å². The van der Waals surface area contributed by atoms with Crippen LogP contribution in [0.5, 0.6) is 0 Å². The zero-order chi connectivity index (χ0) is 12.7. The Kier molecular flexibility index (Phi) is 5.35. The molecule has 0 spiro atoms. The minimum Gasteiger partial charge on any atom is -0.760 e. The molecule has 0 amide bonds. The van der Waals surface area contributed by atoms with Crippen LogP contribution in [-0.4, -0.2) is 8.76 Å². The second-order valence-electron chi connectivity index (χ2n) is 3.25. The molecule has 4 N–H and O–H groups in total. The highest BCUT2D eigenvalue weighted by atomic mass is 32.2. The van der Waals surface area contributed by atoms with Crippen molar-refractivity contribution in [2.75, 3.05) is 5.73 Å². The van der Waals surface area contributed by atoms with Crippen LogP contribution in [0.1, 0.15) is 0 Å². The molecule has 0 aliphatic carbocycles. The summed E-state index contributed by atoms with van der Waals surface area (Å²) in [6.45, 7) is 0. The van der Waals surface area contributed by atoms with Crippen molar-refractivity contribution in [1.82, 2.24) is 0 Å². The van der Waals surface area contributed by atoms with E-state index in [1.54, 1.807) is 0 Å². The van der Waals surface area contributed by atoms with E-state index in [4.69, 9.17) is 14.5 Å². The zero-order valence-corrected chi connectivity index (χ0v) is 9.89. The molecule has 5 heteroatoms. The Morgan fingerprint density at radius 3 is 2.00 bits per heavy atom. The van der Waals surface area contributed by atoms with E-state index in [1.165, 1.54) is 11.1 Å². The van der Waals surface area contributed by atoms with Gasteiger partial charge in [0, 0.05) is 17.0 Å². The van der Waals surface area contributed by atoms with Crippen LogP contribution in [0.4, 0.5) is 5.69 Å². The van der Waals surface area contributed by atoms with Crippen LogP contribution in [0.3, 0.4) is 0 Å². The molecule has 2 aromatic carbocycles. The molecule has 0 fully saturated rings. The van der Waals surface area contributed by atoms with Gasteiger partial charge in [-0.3, -0.25) is 9.35 Å². The first kappa shape index (κ1) is 13.4. The number of benzene rings is 2. The summed E-state index contributed by atoms with van der Waals surface area (Å²) in [6, 6.07) is 18.1. The molecule has 1 unspecified atom stereocenters. The Morgan fingerprint density at radius 1 is 0.941 bits per heavy atom. The standard InChI is InChI=1S/C12H11N.H3NO2S/c13-12-8-4-7-11(9-12)10-5-2-1-3-6-10;1-4(2)3/h1-9H,13H2;1H2,(H,2,3)/p-1. The molecule has 0 heterocycles. The first-order valence-electron chi connectivity index (χ1n) is 4.84. The van der Waals surface area contributed by atoms with E-state index < -0.39 is 11.3 Å². The summed E-state index contributed by atoms with van der Waals surface area (Å²) in [5.41, 5.74) is 8.87. The first-order chi connectivity index (χ1) is 8.09. The Labute approximate surface area is 103 Å². The summed E-state index contributed by atoms with van der Waals surface area (Å²) in [7, 11) is 0. The van der Waals surface area contributed by atoms with Gasteiger partial charge in [0.15, 0.2) is 0 Å². The van der Waals surface area contributed by atoms with Gasteiger partial charge in [0.25, 0.3) is 0 Å². The largest absolute Gasteiger partial charge is 0.760 e. The summed E-state index contributed by atoms with van der Waals surface area (Å²) in [6.07, 6.45) is 0. The van der Waals surface area contributed by atoms with Crippen molar-refractivity contribution in [1.29, 1.82) is 0 Å². The number of nitrogens with two attached hydrogens (primary N) is 2. The van der Waals surface area contributed by atoms with Crippen molar-refractivity contribution >= 4 is 17.0 Å². The van der Waals surface area contributed by atoms with Crippen LogP contribution in [0, 0.1) is 0 Å². The Balaban J connectivity index is 0.000000317. The monoisotopic (exact) mass is 249 g/mol. The molecule has 17 heavy (non-hydrogen) atoms. The lowest BCUT2D eigenvalue weighted by molar-refractivity contribution is 0.539. The van der Waals surface area contributed by atoms with E-state index >= 15 is 0 Å². The van der Waals surface area contributed by atoms with Crippen LogP contribution in [0.25, 0.3) is 11.1 Å². The lowest BCUT2D eigenvalue weighted by atomic mass is 10.1. The van der Waals surface area contributed by atoms with E-state index in [0.717, 1.165) is 5.69 Å². The maximum absolute atomic E-state index is 8.78. The van der Waals surface area contributed by atoms with Gasteiger partial charge in [-0.15, -0.1) is 0 Å². The first-order valence-corrected chi connectivity index (χ1v) is 5.98. The van der Waals surface area contributed by atoms with E-state index in [9.17, 15) is 0 Å². The molecule has 2 aromatic rings. The van der Waals surface area contributed by atoms with Crippen molar-refractivity contribution in [2.24, 2.45) is 5.14 Å². The Morgan fingerprint density at radius 2 is 1.47 bits per heavy atom. The second kappa shape index (κ2) is 6.80. The summed E-state index contributed by atoms with van der Waals surface area (Å²) in [5.74, 6) is 0. The van der Waals surface area contributed by atoms with Gasteiger partial charge in [-0.05, 0) is 23.3 Å². The molecule has 4 nitrogen and oxygen atoms in total. The lowest BCUT2D eigenvalue weighted by Crippen LogP contribution is -1.97. The van der Waals surface area contributed by atoms with E-state index in [0.29, 0.717) is 0 Å². The molecule has 0 aliphatic heterocycles. The minimum absolute atomic E-state index is 0.807. The summed E-state index contributed by atoms with van der Waals surface area (Å²) >= 11 is -2.36. The highest BCUT2D eigenvalue weighted by molar-refractivity contribution is 7.76. The molecule has 0 saturated carbocycles. The summed E-state index contributed by atoms with van der Waals surface area (Å²) in [4.78, 5) is 0. The Bertz CT molecular complexity index is 485. The van der Waals surface area contributed by atoms with Gasteiger partial charge in [0.2, 0.25) is 0 Å². The quantitative estimate of drug-likeness (QED) is 0.594. The summed E-state index contributed by atoms with van der Waals surface area (Å²) < 4.78 is 17.6. The second-order valence-corrected chi connectivity index (χ2v) is 3.77. The molecule has 0 aliphatic rings. The third-order valence-electron chi connectivity index (χ3n) is 1.99. The van der Waals surface area contributed by atoms with Crippen LogP contribution >= 0.6 is 0 Å². The average Bonchev–Trinajstić information content (AvgIpc) is 2.29. The van der Waals surface area contributed by atoms with Crippen LogP contribution in [0.15, 0.2) is 54.6 Å². The van der Waals surface area contributed by atoms with Crippen molar-refractivity contribution in [3.8, 4) is 11.1 Å². The number of hydrogen-bond acceptors (Lipinski definition) is 3.